The van der Waals surface area contributed by atoms with Gasteiger partial charge in [-0.15, -0.1) is 0 Å². The van der Waals surface area contributed by atoms with Crippen LogP contribution in [0.4, 0.5) is 4.39 Å². The largest absolute Gasteiger partial charge is 0.388 e. The SMILES string of the molecule is OC(Cc1ccc(Cl)cc1F)c1ccc2nccnc2c1. The van der Waals surface area contributed by atoms with Gasteiger partial charge in [0.25, 0.3) is 0 Å². The average molecular weight is 303 g/mol. The molecule has 2 aromatic carbocycles. The van der Waals surface area contributed by atoms with Crippen molar-refractivity contribution in [3.8, 4) is 0 Å². The molecule has 0 bridgehead atoms. The van der Waals surface area contributed by atoms with Gasteiger partial charge in [0.15, 0.2) is 0 Å². The van der Waals surface area contributed by atoms with Gasteiger partial charge in [-0.05, 0) is 35.4 Å². The molecule has 1 unspecified atom stereocenters. The highest BCUT2D eigenvalue weighted by Crippen LogP contribution is 2.23. The molecule has 1 N–H and O–H groups in total. The monoisotopic (exact) mass is 302 g/mol. The number of aliphatic hydroxyl groups excluding tert-OH is 1. The molecule has 0 amide bonds. The Kier molecular flexibility index (Phi) is 3.82. The van der Waals surface area contributed by atoms with Gasteiger partial charge in [0.05, 0.1) is 17.1 Å². The molecule has 0 saturated heterocycles. The number of rotatable bonds is 3. The summed E-state index contributed by atoms with van der Waals surface area (Å²) in [5.41, 5.74) is 2.56. The molecule has 0 saturated carbocycles. The van der Waals surface area contributed by atoms with Gasteiger partial charge in [-0.25, -0.2) is 4.39 Å². The van der Waals surface area contributed by atoms with E-state index in [0.29, 0.717) is 21.7 Å². The van der Waals surface area contributed by atoms with E-state index in [9.17, 15) is 9.50 Å². The van der Waals surface area contributed by atoms with Crippen LogP contribution >= 0.6 is 11.6 Å². The van der Waals surface area contributed by atoms with E-state index >= 15 is 0 Å². The van der Waals surface area contributed by atoms with Crippen molar-refractivity contribution in [3.05, 3.63) is 70.8 Å². The van der Waals surface area contributed by atoms with E-state index in [1.165, 1.54) is 6.07 Å². The van der Waals surface area contributed by atoms with Crippen LogP contribution in [0.3, 0.4) is 0 Å². The van der Waals surface area contributed by atoms with Crippen molar-refractivity contribution in [1.29, 1.82) is 0 Å². The fourth-order valence-corrected chi connectivity index (χ4v) is 2.36. The third-order valence-electron chi connectivity index (χ3n) is 3.31. The Bertz CT molecular complexity index is 794. The number of aromatic nitrogens is 2. The van der Waals surface area contributed by atoms with Crippen molar-refractivity contribution >= 4 is 22.6 Å². The number of hydrogen-bond donors (Lipinski definition) is 1. The van der Waals surface area contributed by atoms with Crippen molar-refractivity contribution < 1.29 is 9.50 Å². The Hall–Kier alpha value is -2.04. The van der Waals surface area contributed by atoms with Crippen molar-refractivity contribution in [3.63, 3.8) is 0 Å². The lowest BCUT2D eigenvalue weighted by Crippen LogP contribution is -2.04. The van der Waals surface area contributed by atoms with Gasteiger partial charge in [0.2, 0.25) is 0 Å². The molecule has 1 atom stereocenters. The van der Waals surface area contributed by atoms with Crippen LogP contribution in [0.2, 0.25) is 5.02 Å². The predicted molar refractivity (Wildman–Crippen MR) is 79.6 cm³/mol. The summed E-state index contributed by atoms with van der Waals surface area (Å²) >= 11 is 5.72. The van der Waals surface area contributed by atoms with Crippen molar-refractivity contribution in [2.45, 2.75) is 12.5 Å². The van der Waals surface area contributed by atoms with Crippen LogP contribution in [0.25, 0.3) is 11.0 Å². The second-order valence-electron chi connectivity index (χ2n) is 4.76. The van der Waals surface area contributed by atoms with Gasteiger partial charge >= 0.3 is 0 Å². The van der Waals surface area contributed by atoms with Gasteiger partial charge in [-0.2, -0.15) is 0 Å². The minimum absolute atomic E-state index is 0.175. The maximum absolute atomic E-state index is 13.8. The molecule has 1 heterocycles. The number of hydrogen-bond acceptors (Lipinski definition) is 3. The molecule has 5 heteroatoms. The van der Waals surface area contributed by atoms with Gasteiger partial charge in [0.1, 0.15) is 5.82 Å². The Balaban J connectivity index is 1.87. The minimum Gasteiger partial charge on any atom is -0.388 e. The van der Waals surface area contributed by atoms with Gasteiger partial charge < -0.3 is 5.11 Å². The van der Waals surface area contributed by atoms with Gasteiger partial charge in [-0.1, -0.05) is 23.7 Å². The molecule has 0 aliphatic heterocycles. The number of nitrogens with zero attached hydrogens (tertiary/aromatic N) is 2. The summed E-state index contributed by atoms with van der Waals surface area (Å²) in [4.78, 5) is 8.37. The second-order valence-corrected chi connectivity index (χ2v) is 5.20. The highest BCUT2D eigenvalue weighted by atomic mass is 35.5. The number of benzene rings is 2. The van der Waals surface area contributed by atoms with Crippen LogP contribution in [-0.4, -0.2) is 15.1 Å². The number of aliphatic hydroxyl groups is 1. The fraction of sp³-hybridized carbons (Fsp3) is 0.125. The van der Waals surface area contributed by atoms with Gasteiger partial charge in [0, 0.05) is 23.8 Å². The first-order valence-corrected chi connectivity index (χ1v) is 6.84. The third kappa shape index (κ3) is 3.01. The number of fused-ring (bicyclic) bond motifs is 1. The molecular formula is C16H12ClFN2O. The smallest absolute Gasteiger partial charge is 0.127 e. The first-order chi connectivity index (χ1) is 10.1. The van der Waals surface area contributed by atoms with E-state index in [4.69, 9.17) is 11.6 Å². The highest BCUT2D eigenvalue weighted by molar-refractivity contribution is 6.30. The molecule has 0 spiro atoms. The van der Waals surface area contributed by atoms with Gasteiger partial charge in [-0.3, -0.25) is 9.97 Å². The van der Waals surface area contributed by atoms with E-state index in [0.717, 1.165) is 5.52 Å². The lowest BCUT2D eigenvalue weighted by Gasteiger charge is -2.12. The fourth-order valence-electron chi connectivity index (χ4n) is 2.20. The first kappa shape index (κ1) is 13.9. The van der Waals surface area contributed by atoms with Crippen molar-refractivity contribution in [1.82, 2.24) is 9.97 Å². The molecule has 1 aromatic heterocycles. The molecule has 0 aliphatic carbocycles. The Labute approximate surface area is 126 Å². The predicted octanol–water partition coefficient (Wildman–Crippen LogP) is 3.70. The zero-order valence-corrected chi connectivity index (χ0v) is 11.8. The quantitative estimate of drug-likeness (QED) is 0.802. The zero-order chi connectivity index (χ0) is 14.8. The molecule has 3 rings (SSSR count). The summed E-state index contributed by atoms with van der Waals surface area (Å²) in [6.07, 6.45) is 2.57. The van der Waals surface area contributed by atoms with Crippen LogP contribution in [0.5, 0.6) is 0 Å². The second kappa shape index (κ2) is 5.76. The minimum atomic E-state index is -0.813. The molecule has 0 radical (unpaired) electrons. The maximum atomic E-state index is 13.8. The molecule has 21 heavy (non-hydrogen) atoms. The third-order valence-corrected chi connectivity index (χ3v) is 3.54. The van der Waals surface area contributed by atoms with Crippen molar-refractivity contribution in [2.75, 3.05) is 0 Å². The van der Waals surface area contributed by atoms with Crippen LogP contribution in [0, 0.1) is 5.82 Å². The summed E-state index contributed by atoms with van der Waals surface area (Å²) in [6.45, 7) is 0. The molecule has 0 aliphatic rings. The van der Waals surface area contributed by atoms with E-state index in [1.807, 2.05) is 0 Å². The molecule has 0 fully saturated rings. The van der Waals surface area contributed by atoms with Crippen LogP contribution < -0.4 is 0 Å². The summed E-state index contributed by atoms with van der Waals surface area (Å²) < 4.78 is 13.8. The highest BCUT2D eigenvalue weighted by Gasteiger charge is 2.13. The molecule has 106 valence electrons. The Morgan fingerprint density at radius 1 is 1.05 bits per heavy atom. The summed E-state index contributed by atoms with van der Waals surface area (Å²) in [6, 6.07) is 9.77. The standard InChI is InChI=1S/C16H12ClFN2O/c17-12-3-1-10(13(18)9-12)8-16(21)11-2-4-14-15(7-11)20-6-5-19-14/h1-7,9,16,21H,8H2. The molecular weight excluding hydrogens is 291 g/mol. The van der Waals surface area contributed by atoms with E-state index in [-0.39, 0.29) is 6.42 Å². The van der Waals surface area contributed by atoms with Crippen LogP contribution in [0.15, 0.2) is 48.8 Å². The maximum Gasteiger partial charge on any atom is 0.127 e. The lowest BCUT2D eigenvalue weighted by molar-refractivity contribution is 0.177. The normalized spacial score (nSPS) is 12.5. The van der Waals surface area contributed by atoms with Crippen molar-refractivity contribution in [2.24, 2.45) is 0 Å². The summed E-state index contributed by atoms with van der Waals surface area (Å²) in [5.74, 6) is -0.415. The van der Waals surface area contributed by atoms with E-state index < -0.39 is 11.9 Å². The topological polar surface area (TPSA) is 46.0 Å². The van der Waals surface area contributed by atoms with E-state index in [1.54, 1.807) is 42.7 Å². The first-order valence-electron chi connectivity index (χ1n) is 6.46. The average Bonchev–Trinajstić information content (AvgIpc) is 2.49. The summed E-state index contributed by atoms with van der Waals surface area (Å²) in [7, 11) is 0. The zero-order valence-electron chi connectivity index (χ0n) is 11.0. The number of halogens is 2. The summed E-state index contributed by atoms with van der Waals surface area (Å²) in [5, 5.41) is 10.6. The Morgan fingerprint density at radius 3 is 2.57 bits per heavy atom. The van der Waals surface area contributed by atoms with Crippen LogP contribution in [-0.2, 0) is 6.42 Å². The lowest BCUT2D eigenvalue weighted by atomic mass is 10.0. The molecule has 3 aromatic rings. The Morgan fingerprint density at radius 2 is 1.81 bits per heavy atom. The molecule has 3 nitrogen and oxygen atoms in total. The van der Waals surface area contributed by atoms with Crippen LogP contribution in [0.1, 0.15) is 17.2 Å². The van der Waals surface area contributed by atoms with E-state index in [2.05, 4.69) is 9.97 Å².